The van der Waals surface area contributed by atoms with E-state index in [9.17, 15) is 5.26 Å². The molecule has 98 valence electrons. The van der Waals surface area contributed by atoms with Gasteiger partial charge in [0.15, 0.2) is 0 Å². The molecule has 2 heteroatoms. The third kappa shape index (κ3) is 2.87. The molecule has 0 saturated heterocycles. The van der Waals surface area contributed by atoms with Crippen molar-refractivity contribution in [2.24, 2.45) is 0 Å². The molecule has 0 amide bonds. The lowest BCUT2D eigenvalue weighted by atomic mass is 9.79. The molecule has 20 heavy (non-hydrogen) atoms. The fraction of sp³-hybridized carbons (Fsp3) is 0.222. The quantitative estimate of drug-likeness (QED) is 0.822. The van der Waals surface area contributed by atoms with E-state index in [4.69, 9.17) is 5.26 Å². The summed E-state index contributed by atoms with van der Waals surface area (Å²) in [5, 5.41) is 18.7. The molecule has 2 nitrogen and oxygen atoms in total. The zero-order valence-corrected chi connectivity index (χ0v) is 11.5. The molecule has 0 N–H and O–H groups in total. The highest BCUT2D eigenvalue weighted by atomic mass is 14.3. The largest absolute Gasteiger partial charge is 0.198 e. The van der Waals surface area contributed by atoms with Crippen LogP contribution >= 0.6 is 0 Å². The molecule has 0 radical (unpaired) electrons. The predicted molar refractivity (Wildman–Crippen MR) is 78.9 cm³/mol. The molecule has 2 atom stereocenters. The van der Waals surface area contributed by atoms with Crippen LogP contribution in [0.3, 0.4) is 0 Å². The van der Waals surface area contributed by atoms with Crippen LogP contribution in [0, 0.1) is 29.6 Å². The van der Waals surface area contributed by atoms with Crippen LogP contribution in [0.25, 0.3) is 0 Å². The maximum Gasteiger partial charge on any atom is 0.0793 e. The molecule has 0 aliphatic heterocycles. The fourth-order valence-corrected chi connectivity index (χ4v) is 2.54. The Labute approximate surface area is 119 Å². The molecular formula is C18H16N2. The molecular weight excluding hydrogens is 244 g/mol. The molecule has 0 spiro atoms. The van der Waals surface area contributed by atoms with Gasteiger partial charge in [0, 0.05) is 12.3 Å². The maximum absolute atomic E-state index is 9.60. The minimum Gasteiger partial charge on any atom is -0.198 e. The molecule has 2 rings (SSSR count). The summed E-state index contributed by atoms with van der Waals surface area (Å²) >= 11 is 0. The first-order chi connectivity index (χ1) is 9.77. The Balaban J connectivity index is 2.45. The number of aryl methyl sites for hydroxylation is 1. The summed E-state index contributed by atoms with van der Waals surface area (Å²) in [6.07, 6.45) is 0.344. The predicted octanol–water partition coefficient (Wildman–Crippen LogP) is 4.30. The van der Waals surface area contributed by atoms with Crippen LogP contribution in [-0.4, -0.2) is 0 Å². The van der Waals surface area contributed by atoms with Gasteiger partial charge in [-0.05, 0) is 23.6 Å². The van der Waals surface area contributed by atoms with E-state index in [-0.39, 0.29) is 11.8 Å². The van der Waals surface area contributed by atoms with Gasteiger partial charge in [-0.25, -0.2) is 0 Å². The van der Waals surface area contributed by atoms with Crippen LogP contribution in [0.1, 0.15) is 34.9 Å². The van der Waals surface area contributed by atoms with Crippen LogP contribution in [0.15, 0.2) is 54.6 Å². The van der Waals surface area contributed by atoms with Gasteiger partial charge in [0.1, 0.15) is 0 Å². The Kier molecular flexibility index (Phi) is 4.53. The van der Waals surface area contributed by atoms with Gasteiger partial charge in [-0.15, -0.1) is 0 Å². The first kappa shape index (κ1) is 13.8. The van der Waals surface area contributed by atoms with Gasteiger partial charge in [0.25, 0.3) is 0 Å². The molecule has 2 aromatic carbocycles. The number of benzene rings is 2. The summed E-state index contributed by atoms with van der Waals surface area (Å²) in [7, 11) is 0. The Bertz CT molecular complexity index is 647. The highest BCUT2D eigenvalue weighted by Crippen LogP contribution is 2.36. The van der Waals surface area contributed by atoms with Gasteiger partial charge in [0.05, 0.1) is 18.1 Å². The van der Waals surface area contributed by atoms with E-state index in [0.717, 1.165) is 16.7 Å². The standard InChI is InChI=1S/C18H16N2/c1-14-7-5-6-10-16(14)18(13-20)17(11-12-19)15-8-3-2-4-9-15/h2-10,17-18H,11H2,1H3. The number of nitrogens with zero attached hydrogens (tertiary/aromatic N) is 2. The van der Waals surface area contributed by atoms with Gasteiger partial charge in [-0.2, -0.15) is 10.5 Å². The molecule has 0 fully saturated rings. The van der Waals surface area contributed by atoms with Crippen molar-refractivity contribution in [2.75, 3.05) is 0 Å². The van der Waals surface area contributed by atoms with Crippen LogP contribution < -0.4 is 0 Å². The molecule has 0 aliphatic carbocycles. The molecule has 0 saturated carbocycles. The van der Waals surface area contributed by atoms with Crippen LogP contribution in [0.2, 0.25) is 0 Å². The van der Waals surface area contributed by atoms with E-state index >= 15 is 0 Å². The average molecular weight is 260 g/mol. The van der Waals surface area contributed by atoms with Crippen molar-refractivity contribution in [3.63, 3.8) is 0 Å². The molecule has 2 unspecified atom stereocenters. The van der Waals surface area contributed by atoms with Crippen molar-refractivity contribution >= 4 is 0 Å². The van der Waals surface area contributed by atoms with Crippen LogP contribution in [-0.2, 0) is 0 Å². The SMILES string of the molecule is Cc1ccccc1C(C#N)C(CC#N)c1ccccc1. The van der Waals surface area contributed by atoms with E-state index in [2.05, 4.69) is 12.1 Å². The molecule has 0 heterocycles. The van der Waals surface area contributed by atoms with Crippen molar-refractivity contribution in [3.05, 3.63) is 71.3 Å². The second kappa shape index (κ2) is 6.55. The Morgan fingerprint density at radius 2 is 1.60 bits per heavy atom. The Morgan fingerprint density at radius 3 is 2.20 bits per heavy atom. The zero-order valence-electron chi connectivity index (χ0n) is 11.5. The van der Waals surface area contributed by atoms with E-state index in [1.54, 1.807) is 0 Å². The summed E-state index contributed by atoms with van der Waals surface area (Å²) in [5.74, 6) is -0.384. The number of nitriles is 2. The lowest BCUT2D eigenvalue weighted by Crippen LogP contribution is -2.11. The van der Waals surface area contributed by atoms with Gasteiger partial charge in [-0.1, -0.05) is 54.6 Å². The van der Waals surface area contributed by atoms with Crippen molar-refractivity contribution in [1.82, 2.24) is 0 Å². The second-order valence-corrected chi connectivity index (χ2v) is 4.84. The zero-order chi connectivity index (χ0) is 14.4. The first-order valence-corrected chi connectivity index (χ1v) is 6.65. The molecule has 0 aliphatic rings. The van der Waals surface area contributed by atoms with E-state index in [1.165, 1.54) is 0 Å². The van der Waals surface area contributed by atoms with Gasteiger partial charge in [0.2, 0.25) is 0 Å². The topological polar surface area (TPSA) is 47.6 Å². The van der Waals surface area contributed by atoms with Crippen LogP contribution in [0.4, 0.5) is 0 Å². The Hall–Kier alpha value is -2.58. The number of hydrogen-bond acceptors (Lipinski definition) is 2. The fourth-order valence-electron chi connectivity index (χ4n) is 2.54. The van der Waals surface area contributed by atoms with Crippen molar-refractivity contribution < 1.29 is 0 Å². The van der Waals surface area contributed by atoms with Crippen molar-refractivity contribution in [3.8, 4) is 12.1 Å². The third-order valence-corrected chi connectivity index (χ3v) is 3.60. The van der Waals surface area contributed by atoms with Crippen molar-refractivity contribution in [1.29, 1.82) is 10.5 Å². The lowest BCUT2D eigenvalue weighted by molar-refractivity contribution is 0.638. The number of rotatable bonds is 4. The van der Waals surface area contributed by atoms with E-state index in [0.29, 0.717) is 6.42 Å². The van der Waals surface area contributed by atoms with Crippen molar-refractivity contribution in [2.45, 2.75) is 25.2 Å². The minimum absolute atomic E-state index is 0.0905. The summed E-state index contributed by atoms with van der Waals surface area (Å²) in [6, 6.07) is 22.3. The smallest absolute Gasteiger partial charge is 0.0793 e. The summed E-state index contributed by atoms with van der Waals surface area (Å²) in [6.45, 7) is 2.01. The van der Waals surface area contributed by atoms with Gasteiger partial charge >= 0.3 is 0 Å². The highest BCUT2D eigenvalue weighted by Gasteiger charge is 2.25. The van der Waals surface area contributed by atoms with E-state index in [1.807, 2.05) is 61.5 Å². The second-order valence-electron chi connectivity index (χ2n) is 4.84. The molecule has 0 bridgehead atoms. The molecule has 2 aromatic rings. The highest BCUT2D eigenvalue weighted by molar-refractivity contribution is 5.38. The monoisotopic (exact) mass is 260 g/mol. The summed E-state index contributed by atoms with van der Waals surface area (Å²) in [5.41, 5.74) is 3.15. The van der Waals surface area contributed by atoms with E-state index < -0.39 is 0 Å². The Morgan fingerprint density at radius 1 is 0.950 bits per heavy atom. The maximum atomic E-state index is 9.60. The lowest BCUT2D eigenvalue weighted by Gasteiger charge is -2.21. The molecule has 0 aromatic heterocycles. The average Bonchev–Trinajstić information content (AvgIpc) is 2.50. The first-order valence-electron chi connectivity index (χ1n) is 6.65. The van der Waals surface area contributed by atoms with Gasteiger partial charge < -0.3 is 0 Å². The van der Waals surface area contributed by atoms with Gasteiger partial charge in [-0.3, -0.25) is 0 Å². The minimum atomic E-state index is -0.293. The summed E-state index contributed by atoms with van der Waals surface area (Å²) in [4.78, 5) is 0. The normalized spacial score (nSPS) is 12.9. The van der Waals surface area contributed by atoms with Crippen LogP contribution in [0.5, 0.6) is 0 Å². The third-order valence-electron chi connectivity index (χ3n) is 3.60. The summed E-state index contributed by atoms with van der Waals surface area (Å²) < 4.78 is 0. The number of hydrogen-bond donors (Lipinski definition) is 0.